The maximum Gasteiger partial charge on any atom is 0.363 e. The first kappa shape index (κ1) is 16.8. The fourth-order valence-corrected chi connectivity index (χ4v) is 2.68. The molecule has 0 bridgehead atoms. The van der Waals surface area contributed by atoms with Crippen LogP contribution in [0.15, 0.2) is 89.6 Å². The summed E-state index contributed by atoms with van der Waals surface area (Å²) in [4.78, 5) is 16.5. The molecular weight excluding hydrogens is 338 g/mol. The fourth-order valence-electron chi connectivity index (χ4n) is 2.68. The molecule has 27 heavy (non-hydrogen) atoms. The van der Waals surface area contributed by atoms with E-state index in [1.807, 2.05) is 85.8 Å². The van der Waals surface area contributed by atoms with E-state index in [4.69, 9.17) is 9.47 Å². The summed E-state index contributed by atoms with van der Waals surface area (Å²) in [6.45, 7) is 2.00. The van der Waals surface area contributed by atoms with Gasteiger partial charge in [-0.1, -0.05) is 48.0 Å². The van der Waals surface area contributed by atoms with Crippen LogP contribution in [0.1, 0.15) is 16.7 Å². The normalized spacial score (nSPS) is 14.8. The van der Waals surface area contributed by atoms with Gasteiger partial charge in [0.2, 0.25) is 5.90 Å². The maximum absolute atomic E-state index is 12.2. The highest BCUT2D eigenvalue weighted by Gasteiger charge is 2.24. The fraction of sp³-hybridized carbons (Fsp3) is 0.0435. The van der Waals surface area contributed by atoms with Crippen molar-refractivity contribution in [1.29, 1.82) is 0 Å². The Morgan fingerprint density at radius 1 is 0.889 bits per heavy atom. The summed E-state index contributed by atoms with van der Waals surface area (Å²) in [6.07, 6.45) is 1.70. The van der Waals surface area contributed by atoms with Crippen molar-refractivity contribution >= 4 is 17.9 Å². The third-order valence-corrected chi connectivity index (χ3v) is 4.06. The van der Waals surface area contributed by atoms with Crippen LogP contribution in [0.4, 0.5) is 0 Å². The van der Waals surface area contributed by atoms with Crippen LogP contribution in [-0.2, 0) is 9.53 Å². The average Bonchev–Trinajstić information content (AvgIpc) is 3.04. The molecule has 0 atom stereocenters. The number of rotatable bonds is 4. The van der Waals surface area contributed by atoms with Gasteiger partial charge in [0.15, 0.2) is 5.70 Å². The molecule has 4 nitrogen and oxygen atoms in total. The lowest BCUT2D eigenvalue weighted by molar-refractivity contribution is -0.129. The monoisotopic (exact) mass is 355 g/mol. The van der Waals surface area contributed by atoms with Gasteiger partial charge in [-0.05, 0) is 55.0 Å². The van der Waals surface area contributed by atoms with E-state index >= 15 is 0 Å². The van der Waals surface area contributed by atoms with Crippen LogP contribution in [0.2, 0.25) is 0 Å². The maximum atomic E-state index is 12.2. The Morgan fingerprint density at radius 3 is 2.41 bits per heavy atom. The van der Waals surface area contributed by atoms with E-state index < -0.39 is 5.97 Å². The number of cyclic esters (lactones) is 1. The molecule has 1 heterocycles. The Labute approximate surface area is 157 Å². The van der Waals surface area contributed by atoms with E-state index in [-0.39, 0.29) is 5.70 Å². The summed E-state index contributed by atoms with van der Waals surface area (Å²) in [5, 5.41) is 0. The van der Waals surface area contributed by atoms with Crippen LogP contribution >= 0.6 is 0 Å². The van der Waals surface area contributed by atoms with Crippen molar-refractivity contribution in [3.05, 3.63) is 101 Å². The van der Waals surface area contributed by atoms with Crippen LogP contribution in [0, 0.1) is 6.92 Å². The Morgan fingerprint density at radius 2 is 1.63 bits per heavy atom. The summed E-state index contributed by atoms with van der Waals surface area (Å²) in [5.74, 6) is 1.30. The van der Waals surface area contributed by atoms with Crippen molar-refractivity contribution in [2.24, 2.45) is 4.99 Å². The molecule has 1 aliphatic heterocycles. The van der Waals surface area contributed by atoms with Crippen LogP contribution < -0.4 is 4.74 Å². The van der Waals surface area contributed by atoms with Crippen molar-refractivity contribution in [1.82, 2.24) is 0 Å². The van der Waals surface area contributed by atoms with Crippen molar-refractivity contribution in [2.45, 2.75) is 6.92 Å². The Hall–Kier alpha value is -3.66. The first-order valence-corrected chi connectivity index (χ1v) is 8.60. The van der Waals surface area contributed by atoms with Gasteiger partial charge in [-0.3, -0.25) is 0 Å². The first-order valence-electron chi connectivity index (χ1n) is 8.60. The number of para-hydroxylation sites is 1. The smallest absolute Gasteiger partial charge is 0.363 e. The van der Waals surface area contributed by atoms with E-state index in [0.717, 1.165) is 22.4 Å². The van der Waals surface area contributed by atoms with Gasteiger partial charge in [-0.25, -0.2) is 9.79 Å². The predicted molar refractivity (Wildman–Crippen MR) is 105 cm³/mol. The summed E-state index contributed by atoms with van der Waals surface area (Å²) in [5.41, 5.74) is 2.99. The van der Waals surface area contributed by atoms with Gasteiger partial charge >= 0.3 is 5.97 Å². The number of carbonyl (C=O) groups is 1. The largest absolute Gasteiger partial charge is 0.457 e. The second kappa shape index (κ2) is 7.30. The zero-order valence-electron chi connectivity index (χ0n) is 14.8. The van der Waals surface area contributed by atoms with Crippen LogP contribution in [0.3, 0.4) is 0 Å². The lowest BCUT2D eigenvalue weighted by Gasteiger charge is -2.05. The van der Waals surface area contributed by atoms with Gasteiger partial charge in [-0.15, -0.1) is 0 Å². The van der Waals surface area contributed by atoms with E-state index in [9.17, 15) is 4.79 Å². The molecule has 132 valence electrons. The van der Waals surface area contributed by atoms with Crippen molar-refractivity contribution in [2.75, 3.05) is 0 Å². The first-order chi connectivity index (χ1) is 13.2. The predicted octanol–water partition coefficient (Wildman–Crippen LogP) is 5.13. The van der Waals surface area contributed by atoms with Gasteiger partial charge in [0.05, 0.1) is 0 Å². The quantitative estimate of drug-likeness (QED) is 0.481. The minimum Gasteiger partial charge on any atom is -0.457 e. The lowest BCUT2D eigenvalue weighted by Crippen LogP contribution is -2.05. The van der Waals surface area contributed by atoms with Crippen molar-refractivity contribution < 1.29 is 14.3 Å². The van der Waals surface area contributed by atoms with Gasteiger partial charge in [0, 0.05) is 5.56 Å². The number of carbonyl (C=O) groups excluding carboxylic acids is 1. The van der Waals surface area contributed by atoms with Gasteiger partial charge in [-0.2, -0.15) is 0 Å². The molecule has 1 aliphatic rings. The Balaban J connectivity index is 1.58. The van der Waals surface area contributed by atoms with Crippen molar-refractivity contribution in [3.63, 3.8) is 0 Å². The van der Waals surface area contributed by atoms with Crippen LogP contribution in [0.25, 0.3) is 6.08 Å². The molecule has 3 aromatic rings. The molecule has 0 unspecified atom stereocenters. The number of benzene rings is 3. The molecule has 0 radical (unpaired) electrons. The number of nitrogens with zero attached hydrogens (tertiary/aromatic N) is 1. The highest BCUT2D eigenvalue weighted by atomic mass is 16.6. The molecule has 0 aromatic heterocycles. The summed E-state index contributed by atoms with van der Waals surface area (Å²) in [7, 11) is 0. The molecule has 0 N–H and O–H groups in total. The Bertz CT molecular complexity index is 1030. The van der Waals surface area contributed by atoms with Gasteiger partial charge in [0.1, 0.15) is 11.5 Å². The van der Waals surface area contributed by atoms with E-state index in [0.29, 0.717) is 11.6 Å². The van der Waals surface area contributed by atoms with Gasteiger partial charge in [0.25, 0.3) is 0 Å². The molecule has 3 aromatic carbocycles. The molecule has 0 aliphatic carbocycles. The number of aryl methyl sites for hydroxylation is 1. The highest BCUT2D eigenvalue weighted by molar-refractivity contribution is 6.12. The van der Waals surface area contributed by atoms with Crippen LogP contribution in [0.5, 0.6) is 11.5 Å². The molecule has 0 saturated carbocycles. The second-order valence-corrected chi connectivity index (χ2v) is 6.19. The number of ether oxygens (including phenoxy) is 2. The number of hydrogen-bond donors (Lipinski definition) is 0. The molecule has 0 amide bonds. The second-order valence-electron chi connectivity index (χ2n) is 6.19. The number of esters is 1. The summed E-state index contributed by atoms with van der Waals surface area (Å²) in [6, 6.07) is 24.7. The van der Waals surface area contributed by atoms with E-state index in [1.54, 1.807) is 6.08 Å². The third-order valence-electron chi connectivity index (χ3n) is 4.06. The zero-order valence-corrected chi connectivity index (χ0v) is 14.8. The number of aliphatic imine (C=N–C) groups is 1. The zero-order chi connectivity index (χ0) is 18.6. The number of hydrogen-bond acceptors (Lipinski definition) is 4. The molecule has 0 spiro atoms. The third kappa shape index (κ3) is 3.96. The highest BCUT2D eigenvalue weighted by Crippen LogP contribution is 2.24. The van der Waals surface area contributed by atoms with Crippen LogP contribution in [-0.4, -0.2) is 11.9 Å². The molecule has 4 heteroatoms. The molecule has 4 rings (SSSR count). The average molecular weight is 355 g/mol. The Kier molecular flexibility index (Phi) is 4.54. The van der Waals surface area contributed by atoms with Crippen molar-refractivity contribution in [3.8, 4) is 11.5 Å². The van der Waals surface area contributed by atoms with Gasteiger partial charge < -0.3 is 9.47 Å². The van der Waals surface area contributed by atoms with E-state index in [1.165, 1.54) is 0 Å². The summed E-state index contributed by atoms with van der Waals surface area (Å²) < 4.78 is 11.1. The lowest BCUT2D eigenvalue weighted by atomic mass is 10.1. The molecule has 0 saturated heterocycles. The van der Waals surface area contributed by atoms with E-state index in [2.05, 4.69) is 4.99 Å². The molecular formula is C23H17NO3. The minimum atomic E-state index is -0.458. The summed E-state index contributed by atoms with van der Waals surface area (Å²) >= 11 is 0. The standard InChI is InChI=1S/C23H17NO3/c1-16-10-12-18(13-11-16)22-24-21(23(25)27-22)15-17-6-5-9-20(14-17)26-19-7-3-2-4-8-19/h2-15H,1H3/b21-15-. The molecule has 0 fully saturated rings. The minimum absolute atomic E-state index is 0.266. The topological polar surface area (TPSA) is 47.9 Å². The SMILES string of the molecule is Cc1ccc(C2=N/C(=C\c3cccc(Oc4ccccc4)c3)C(=O)O2)cc1.